The zero-order chi connectivity index (χ0) is 14.2. The van der Waals surface area contributed by atoms with Crippen LogP contribution in [0.4, 0.5) is 13.2 Å². The van der Waals surface area contributed by atoms with Gasteiger partial charge in [-0.25, -0.2) is 4.98 Å². The number of aromatic nitrogens is 2. The van der Waals surface area contributed by atoms with E-state index in [4.69, 9.17) is 0 Å². The second kappa shape index (κ2) is 5.29. The number of thioether (sulfide) groups is 1. The van der Waals surface area contributed by atoms with Crippen molar-refractivity contribution in [3.05, 3.63) is 29.6 Å². The Balaban J connectivity index is 2.01. The van der Waals surface area contributed by atoms with E-state index in [1.807, 2.05) is 11.8 Å². The van der Waals surface area contributed by atoms with Crippen LogP contribution >= 0.6 is 11.8 Å². The summed E-state index contributed by atoms with van der Waals surface area (Å²) in [5.74, 6) is 1.95. The molecule has 3 heterocycles. The fourth-order valence-corrected chi connectivity index (χ4v) is 3.44. The number of H-pyrrole nitrogens is 1. The van der Waals surface area contributed by atoms with Crippen LogP contribution in [0.15, 0.2) is 18.3 Å². The molecule has 1 aliphatic heterocycles. The van der Waals surface area contributed by atoms with Crippen molar-refractivity contribution in [1.82, 2.24) is 14.9 Å². The molecule has 2 aromatic heterocycles. The molecule has 0 spiro atoms. The summed E-state index contributed by atoms with van der Waals surface area (Å²) in [6.07, 6.45) is -2.87. The number of nitrogens with one attached hydrogen (secondary N) is 1. The molecule has 1 saturated heterocycles. The summed E-state index contributed by atoms with van der Waals surface area (Å²) in [5, 5.41) is 0.568. The van der Waals surface area contributed by atoms with Crippen molar-refractivity contribution in [2.75, 3.05) is 24.6 Å². The first-order valence-electron chi connectivity index (χ1n) is 6.38. The average molecular weight is 301 g/mol. The highest BCUT2D eigenvalue weighted by Crippen LogP contribution is 2.35. The molecule has 0 radical (unpaired) electrons. The smallest absolute Gasteiger partial charge is 0.335 e. The number of rotatable bonds is 2. The van der Waals surface area contributed by atoms with Crippen LogP contribution in [0.5, 0.6) is 0 Å². The number of halogens is 3. The van der Waals surface area contributed by atoms with Gasteiger partial charge in [-0.3, -0.25) is 4.90 Å². The molecular formula is C13H14F3N3S. The van der Waals surface area contributed by atoms with E-state index >= 15 is 0 Å². The van der Waals surface area contributed by atoms with Gasteiger partial charge >= 0.3 is 6.18 Å². The monoisotopic (exact) mass is 301 g/mol. The van der Waals surface area contributed by atoms with E-state index in [0.717, 1.165) is 24.6 Å². The lowest BCUT2D eigenvalue weighted by Gasteiger charge is -2.26. The van der Waals surface area contributed by atoms with Gasteiger partial charge in [0, 0.05) is 48.3 Å². The highest BCUT2D eigenvalue weighted by atomic mass is 32.2. The maximum atomic E-state index is 13.2. The van der Waals surface area contributed by atoms with Crippen LogP contribution < -0.4 is 0 Å². The van der Waals surface area contributed by atoms with Gasteiger partial charge in [0.1, 0.15) is 11.3 Å². The topological polar surface area (TPSA) is 31.9 Å². The van der Waals surface area contributed by atoms with Gasteiger partial charge in [-0.1, -0.05) is 0 Å². The summed E-state index contributed by atoms with van der Waals surface area (Å²) in [5.41, 5.74) is -0.0434. The third-order valence-corrected chi connectivity index (χ3v) is 4.39. The Morgan fingerprint density at radius 3 is 2.75 bits per heavy atom. The minimum atomic E-state index is -4.37. The predicted molar refractivity (Wildman–Crippen MR) is 73.7 cm³/mol. The molecule has 20 heavy (non-hydrogen) atoms. The standard InChI is InChI=1S/C13H14F3N3S/c14-13(15,16)11-10(8-19-4-6-20-7-5-19)9-2-1-3-17-12(9)18-11/h1-3H,4-8H2,(H,17,18). The second-order valence-corrected chi connectivity index (χ2v) is 5.99. The van der Waals surface area contributed by atoms with Crippen molar-refractivity contribution >= 4 is 22.8 Å². The first-order chi connectivity index (χ1) is 9.55. The van der Waals surface area contributed by atoms with Crippen LogP contribution in [-0.2, 0) is 12.7 Å². The van der Waals surface area contributed by atoms with E-state index in [-0.39, 0.29) is 0 Å². The molecule has 0 bridgehead atoms. The van der Waals surface area contributed by atoms with E-state index in [1.165, 1.54) is 6.20 Å². The average Bonchev–Trinajstić information content (AvgIpc) is 2.79. The van der Waals surface area contributed by atoms with Crippen LogP contribution in [0, 0.1) is 0 Å². The second-order valence-electron chi connectivity index (χ2n) is 4.76. The molecule has 0 amide bonds. The molecule has 0 aromatic carbocycles. The fourth-order valence-electron chi connectivity index (χ4n) is 2.47. The number of pyridine rings is 1. The molecule has 3 nitrogen and oxygen atoms in total. The van der Waals surface area contributed by atoms with Crippen molar-refractivity contribution in [1.29, 1.82) is 0 Å². The Hall–Kier alpha value is -1.21. The Morgan fingerprint density at radius 2 is 2.05 bits per heavy atom. The molecule has 108 valence electrons. The lowest BCUT2D eigenvalue weighted by molar-refractivity contribution is -0.141. The Labute approximate surface area is 118 Å². The number of aromatic amines is 1. The number of hydrogen-bond donors (Lipinski definition) is 1. The molecule has 0 aliphatic carbocycles. The molecule has 0 atom stereocenters. The van der Waals surface area contributed by atoms with Gasteiger partial charge < -0.3 is 4.98 Å². The maximum absolute atomic E-state index is 13.2. The van der Waals surface area contributed by atoms with Crippen molar-refractivity contribution in [3.8, 4) is 0 Å². The van der Waals surface area contributed by atoms with Crippen LogP contribution in [0.1, 0.15) is 11.3 Å². The van der Waals surface area contributed by atoms with Gasteiger partial charge in [0.2, 0.25) is 0 Å². The van der Waals surface area contributed by atoms with E-state index in [1.54, 1.807) is 12.1 Å². The molecule has 0 saturated carbocycles. The Morgan fingerprint density at radius 1 is 1.30 bits per heavy atom. The van der Waals surface area contributed by atoms with E-state index in [2.05, 4.69) is 14.9 Å². The van der Waals surface area contributed by atoms with Gasteiger partial charge in [0.05, 0.1) is 0 Å². The van der Waals surface area contributed by atoms with Crippen LogP contribution in [-0.4, -0.2) is 39.5 Å². The van der Waals surface area contributed by atoms with Crippen LogP contribution in [0.25, 0.3) is 11.0 Å². The number of fused-ring (bicyclic) bond motifs is 1. The normalized spacial score (nSPS) is 17.8. The lowest BCUT2D eigenvalue weighted by Crippen LogP contribution is -2.32. The fraction of sp³-hybridized carbons (Fsp3) is 0.462. The Kier molecular flexibility index (Phi) is 3.64. The molecule has 2 aromatic rings. The van der Waals surface area contributed by atoms with Crippen molar-refractivity contribution in [3.63, 3.8) is 0 Å². The number of alkyl halides is 3. The van der Waals surface area contributed by atoms with Crippen LogP contribution in [0.2, 0.25) is 0 Å². The number of hydrogen-bond acceptors (Lipinski definition) is 3. The highest BCUT2D eigenvalue weighted by molar-refractivity contribution is 7.99. The minimum absolute atomic E-state index is 0.307. The van der Waals surface area contributed by atoms with E-state index in [0.29, 0.717) is 23.1 Å². The van der Waals surface area contributed by atoms with Gasteiger partial charge in [-0.2, -0.15) is 24.9 Å². The molecule has 3 rings (SSSR count). The van der Waals surface area contributed by atoms with Gasteiger partial charge in [-0.15, -0.1) is 0 Å². The van der Waals surface area contributed by atoms with Gasteiger partial charge in [0.25, 0.3) is 0 Å². The first-order valence-corrected chi connectivity index (χ1v) is 7.54. The van der Waals surface area contributed by atoms with Gasteiger partial charge in [-0.05, 0) is 12.1 Å². The third-order valence-electron chi connectivity index (χ3n) is 3.45. The summed E-state index contributed by atoms with van der Waals surface area (Å²) in [4.78, 5) is 8.49. The SMILES string of the molecule is FC(F)(F)c1[nH]c2ncccc2c1CN1CCSCC1. The molecule has 1 aliphatic rings. The summed E-state index contributed by atoms with van der Waals surface area (Å²) >= 11 is 1.84. The van der Waals surface area contributed by atoms with Crippen molar-refractivity contribution in [2.45, 2.75) is 12.7 Å². The Bertz CT molecular complexity index is 602. The van der Waals surface area contributed by atoms with Crippen LogP contribution in [0.3, 0.4) is 0 Å². The molecular weight excluding hydrogens is 287 g/mol. The summed E-state index contributed by atoms with van der Waals surface area (Å²) in [6, 6.07) is 3.37. The van der Waals surface area contributed by atoms with E-state index < -0.39 is 11.9 Å². The van der Waals surface area contributed by atoms with Crippen molar-refractivity contribution < 1.29 is 13.2 Å². The van der Waals surface area contributed by atoms with E-state index in [9.17, 15) is 13.2 Å². The zero-order valence-electron chi connectivity index (χ0n) is 10.7. The third kappa shape index (κ3) is 2.64. The predicted octanol–water partition coefficient (Wildman–Crippen LogP) is 3.13. The zero-order valence-corrected chi connectivity index (χ0v) is 11.5. The quantitative estimate of drug-likeness (QED) is 0.925. The summed E-state index contributed by atoms with van der Waals surface area (Å²) < 4.78 is 39.5. The van der Waals surface area contributed by atoms with Gasteiger partial charge in [0.15, 0.2) is 0 Å². The molecule has 7 heteroatoms. The summed E-state index contributed by atoms with van der Waals surface area (Å²) in [6.45, 7) is 1.98. The minimum Gasteiger partial charge on any atom is -0.335 e. The first kappa shape index (κ1) is 13.8. The highest BCUT2D eigenvalue weighted by Gasteiger charge is 2.37. The molecule has 1 N–H and O–H groups in total. The van der Waals surface area contributed by atoms with Crippen molar-refractivity contribution in [2.24, 2.45) is 0 Å². The number of nitrogens with zero attached hydrogens (tertiary/aromatic N) is 2. The lowest BCUT2D eigenvalue weighted by atomic mass is 10.1. The largest absolute Gasteiger partial charge is 0.431 e. The maximum Gasteiger partial charge on any atom is 0.431 e. The summed E-state index contributed by atoms with van der Waals surface area (Å²) in [7, 11) is 0. The molecule has 0 unspecified atom stereocenters. The molecule has 1 fully saturated rings.